The Bertz CT molecular complexity index is 326. The lowest BCUT2D eigenvalue weighted by molar-refractivity contribution is 0.234. The van der Waals surface area contributed by atoms with Crippen LogP contribution in [0, 0.1) is 11.6 Å². The van der Waals surface area contributed by atoms with Crippen LogP contribution in [0.1, 0.15) is 13.8 Å². The van der Waals surface area contributed by atoms with Crippen LogP contribution in [0.25, 0.3) is 0 Å². The number of halogens is 2. The van der Waals surface area contributed by atoms with Crippen molar-refractivity contribution in [3.63, 3.8) is 0 Å². The van der Waals surface area contributed by atoms with Gasteiger partial charge in [-0.15, -0.1) is 0 Å². The quantitative estimate of drug-likeness (QED) is 0.785. The second-order valence-electron chi connectivity index (χ2n) is 3.79. The average molecular weight is 201 g/mol. The lowest BCUT2D eigenvalue weighted by Gasteiger charge is -2.25. The molecular formula is C10H13F2NO. The number of hydrogen-bond acceptors (Lipinski definition) is 2. The molecule has 0 unspecified atom stereocenters. The van der Waals surface area contributed by atoms with E-state index in [0.29, 0.717) is 0 Å². The van der Waals surface area contributed by atoms with Gasteiger partial charge in [-0.1, -0.05) is 0 Å². The Balaban J connectivity index is 2.87. The third kappa shape index (κ3) is 2.67. The third-order valence-electron chi connectivity index (χ3n) is 1.80. The van der Waals surface area contributed by atoms with Gasteiger partial charge < -0.3 is 10.4 Å². The standard InChI is InChI=1S/C10H13F2NO/c1-10(2,6-14)13-9-4-3-7(11)5-8(9)12/h3-5,13-14H,6H2,1-2H3. The lowest BCUT2D eigenvalue weighted by Crippen LogP contribution is -2.35. The Morgan fingerprint density at radius 1 is 1.36 bits per heavy atom. The van der Waals surface area contributed by atoms with Gasteiger partial charge in [0.25, 0.3) is 0 Å². The third-order valence-corrected chi connectivity index (χ3v) is 1.80. The molecule has 1 rings (SSSR count). The fourth-order valence-corrected chi connectivity index (χ4v) is 0.995. The predicted molar refractivity (Wildman–Crippen MR) is 51.1 cm³/mol. The Morgan fingerprint density at radius 3 is 2.50 bits per heavy atom. The number of nitrogens with one attached hydrogen (secondary N) is 1. The van der Waals surface area contributed by atoms with E-state index in [1.807, 2.05) is 0 Å². The van der Waals surface area contributed by atoms with Crippen LogP contribution in [0.3, 0.4) is 0 Å². The molecule has 78 valence electrons. The largest absolute Gasteiger partial charge is 0.394 e. The van der Waals surface area contributed by atoms with Gasteiger partial charge in [0.2, 0.25) is 0 Å². The average Bonchev–Trinajstić information content (AvgIpc) is 2.10. The van der Waals surface area contributed by atoms with Crippen LogP contribution in [-0.2, 0) is 0 Å². The van der Waals surface area contributed by atoms with Crippen molar-refractivity contribution in [1.82, 2.24) is 0 Å². The van der Waals surface area contributed by atoms with E-state index in [-0.39, 0.29) is 12.3 Å². The molecule has 0 aliphatic rings. The van der Waals surface area contributed by atoms with E-state index in [1.165, 1.54) is 12.1 Å². The van der Waals surface area contributed by atoms with E-state index in [0.717, 1.165) is 6.07 Å². The first-order valence-corrected chi connectivity index (χ1v) is 4.29. The highest BCUT2D eigenvalue weighted by molar-refractivity contribution is 5.46. The van der Waals surface area contributed by atoms with Crippen molar-refractivity contribution in [2.75, 3.05) is 11.9 Å². The summed E-state index contributed by atoms with van der Waals surface area (Å²) >= 11 is 0. The maximum atomic E-state index is 13.1. The molecule has 0 saturated heterocycles. The molecule has 1 aromatic carbocycles. The molecule has 4 heteroatoms. The maximum Gasteiger partial charge on any atom is 0.149 e. The van der Waals surface area contributed by atoms with Gasteiger partial charge in [0.05, 0.1) is 17.8 Å². The first-order chi connectivity index (χ1) is 6.44. The van der Waals surface area contributed by atoms with Gasteiger partial charge in [0.1, 0.15) is 11.6 Å². The fraction of sp³-hybridized carbons (Fsp3) is 0.400. The summed E-state index contributed by atoms with van der Waals surface area (Å²) in [5, 5.41) is 11.7. The van der Waals surface area contributed by atoms with Gasteiger partial charge in [-0.2, -0.15) is 0 Å². The highest BCUT2D eigenvalue weighted by Gasteiger charge is 2.17. The number of benzene rings is 1. The molecule has 1 aromatic rings. The minimum absolute atomic E-state index is 0.135. The molecule has 0 heterocycles. The Hall–Kier alpha value is -1.16. The number of aliphatic hydroxyl groups is 1. The molecule has 0 atom stereocenters. The van der Waals surface area contributed by atoms with Crippen LogP contribution in [-0.4, -0.2) is 17.3 Å². The van der Waals surface area contributed by atoms with Gasteiger partial charge in [0.15, 0.2) is 0 Å². The predicted octanol–water partition coefficient (Wildman–Crippen LogP) is 2.15. The van der Waals surface area contributed by atoms with Gasteiger partial charge in [0, 0.05) is 6.07 Å². The van der Waals surface area contributed by atoms with E-state index in [9.17, 15) is 8.78 Å². The van der Waals surface area contributed by atoms with Crippen LogP contribution in [0.4, 0.5) is 14.5 Å². The van der Waals surface area contributed by atoms with Crippen molar-refractivity contribution in [2.45, 2.75) is 19.4 Å². The minimum Gasteiger partial charge on any atom is -0.394 e. The Labute approximate surface area is 81.6 Å². The number of hydrogen-bond donors (Lipinski definition) is 2. The van der Waals surface area contributed by atoms with E-state index in [1.54, 1.807) is 13.8 Å². The van der Waals surface area contributed by atoms with Crippen molar-refractivity contribution in [1.29, 1.82) is 0 Å². The van der Waals surface area contributed by atoms with Crippen LogP contribution < -0.4 is 5.32 Å². The van der Waals surface area contributed by atoms with Gasteiger partial charge in [-0.3, -0.25) is 0 Å². The van der Waals surface area contributed by atoms with E-state index in [4.69, 9.17) is 5.11 Å². The van der Waals surface area contributed by atoms with E-state index >= 15 is 0 Å². The molecule has 0 saturated carbocycles. The summed E-state index contributed by atoms with van der Waals surface area (Å²) in [6.07, 6.45) is 0. The van der Waals surface area contributed by atoms with Crippen LogP contribution >= 0.6 is 0 Å². The first-order valence-electron chi connectivity index (χ1n) is 4.29. The molecule has 0 aromatic heterocycles. The van der Waals surface area contributed by atoms with Crippen molar-refractivity contribution < 1.29 is 13.9 Å². The summed E-state index contributed by atoms with van der Waals surface area (Å²) in [5.41, 5.74) is -0.441. The summed E-state index contributed by atoms with van der Waals surface area (Å²) in [6, 6.07) is 3.27. The zero-order valence-corrected chi connectivity index (χ0v) is 8.14. The first kappa shape index (κ1) is 10.9. The van der Waals surface area contributed by atoms with Crippen molar-refractivity contribution in [3.8, 4) is 0 Å². The highest BCUT2D eigenvalue weighted by Crippen LogP contribution is 2.19. The topological polar surface area (TPSA) is 32.3 Å². The van der Waals surface area contributed by atoms with E-state index < -0.39 is 17.2 Å². The molecule has 14 heavy (non-hydrogen) atoms. The van der Waals surface area contributed by atoms with Crippen LogP contribution in [0.5, 0.6) is 0 Å². The van der Waals surface area contributed by atoms with Gasteiger partial charge in [-0.05, 0) is 26.0 Å². The molecule has 2 N–H and O–H groups in total. The second kappa shape index (κ2) is 3.92. The normalized spacial score (nSPS) is 11.5. The lowest BCUT2D eigenvalue weighted by atomic mass is 10.1. The molecule has 0 fully saturated rings. The summed E-state index contributed by atoms with van der Waals surface area (Å²) < 4.78 is 25.7. The van der Waals surface area contributed by atoms with Gasteiger partial charge >= 0.3 is 0 Å². The van der Waals surface area contributed by atoms with Gasteiger partial charge in [-0.25, -0.2) is 8.78 Å². The highest BCUT2D eigenvalue weighted by atomic mass is 19.1. The molecule has 0 amide bonds. The molecule has 0 radical (unpaired) electrons. The Morgan fingerprint density at radius 2 is 2.00 bits per heavy atom. The Kier molecular flexibility index (Phi) is 3.06. The summed E-state index contributed by atoms with van der Waals surface area (Å²) in [7, 11) is 0. The number of rotatable bonds is 3. The van der Waals surface area contributed by atoms with Crippen LogP contribution in [0.15, 0.2) is 18.2 Å². The summed E-state index contributed by atoms with van der Waals surface area (Å²) in [6.45, 7) is 3.30. The second-order valence-corrected chi connectivity index (χ2v) is 3.79. The summed E-state index contributed by atoms with van der Waals surface area (Å²) in [5.74, 6) is -1.28. The van der Waals surface area contributed by atoms with E-state index in [2.05, 4.69) is 5.32 Å². The number of aliphatic hydroxyl groups excluding tert-OH is 1. The maximum absolute atomic E-state index is 13.1. The molecule has 0 aliphatic carbocycles. The molecule has 0 spiro atoms. The minimum atomic E-state index is -0.661. The summed E-state index contributed by atoms with van der Waals surface area (Å²) in [4.78, 5) is 0. The monoisotopic (exact) mass is 201 g/mol. The van der Waals surface area contributed by atoms with Crippen LogP contribution in [0.2, 0.25) is 0 Å². The SMILES string of the molecule is CC(C)(CO)Nc1ccc(F)cc1F. The smallest absolute Gasteiger partial charge is 0.149 e. The number of anilines is 1. The molecule has 2 nitrogen and oxygen atoms in total. The fourth-order valence-electron chi connectivity index (χ4n) is 0.995. The van der Waals surface area contributed by atoms with Crippen molar-refractivity contribution in [3.05, 3.63) is 29.8 Å². The van der Waals surface area contributed by atoms with Crippen molar-refractivity contribution >= 4 is 5.69 Å². The molecular weight excluding hydrogens is 188 g/mol. The van der Waals surface area contributed by atoms with Crippen molar-refractivity contribution in [2.24, 2.45) is 0 Å². The zero-order valence-electron chi connectivity index (χ0n) is 8.14. The molecule has 0 aliphatic heterocycles. The molecule has 0 bridgehead atoms. The zero-order chi connectivity index (χ0) is 10.8.